The summed E-state index contributed by atoms with van der Waals surface area (Å²) >= 11 is 0. The molecule has 0 fully saturated rings. The summed E-state index contributed by atoms with van der Waals surface area (Å²) in [4.78, 5) is 10.4. The number of aromatic nitrogens is 1. The van der Waals surface area contributed by atoms with Crippen molar-refractivity contribution in [1.82, 2.24) is 0 Å². The van der Waals surface area contributed by atoms with Crippen molar-refractivity contribution in [3.8, 4) is 0 Å². The molecule has 0 aliphatic rings. The number of rotatable bonds is 13. The van der Waals surface area contributed by atoms with E-state index in [1.807, 2.05) is 24.4 Å². The van der Waals surface area contributed by atoms with Crippen molar-refractivity contribution >= 4 is 0 Å². The Kier molecular flexibility index (Phi) is 10.6. The Bertz CT molecular complexity index is 379. The highest BCUT2D eigenvalue weighted by atomic mass is 16.3. The quantitative estimate of drug-likeness (QED) is 0.281. The number of unbranched alkanes of at least 4 members (excludes halogenated alkanes) is 9. The van der Waals surface area contributed by atoms with E-state index >= 15 is 0 Å². The van der Waals surface area contributed by atoms with Crippen LogP contribution >= 0.6 is 0 Å². The molecule has 21 heavy (non-hydrogen) atoms. The number of pyridine rings is 1. The maximum Gasteiger partial charge on any atom is 0.206 e. The van der Waals surface area contributed by atoms with Gasteiger partial charge in [-0.3, -0.25) is 0 Å². The summed E-state index contributed by atoms with van der Waals surface area (Å²) in [5, 5.41) is 3.00. The van der Waals surface area contributed by atoms with Gasteiger partial charge in [0.2, 0.25) is 5.69 Å². The third kappa shape index (κ3) is 8.59. The zero-order valence-electron chi connectivity index (χ0n) is 13.6. The summed E-state index contributed by atoms with van der Waals surface area (Å²) in [5.41, 5.74) is 1.02. The van der Waals surface area contributed by atoms with Crippen LogP contribution in [-0.2, 0) is 13.1 Å². The maximum atomic E-state index is 10.4. The molecular formula is C18H31N2O+. The smallest absolute Gasteiger partial charge is 0.201 e. The zero-order valence-corrected chi connectivity index (χ0v) is 13.6. The van der Waals surface area contributed by atoms with E-state index in [2.05, 4.69) is 16.7 Å². The monoisotopic (exact) mass is 291 g/mol. The molecule has 3 nitrogen and oxygen atoms in total. The molecular weight excluding hydrogens is 260 g/mol. The lowest BCUT2D eigenvalue weighted by Crippen LogP contribution is -2.37. The van der Waals surface area contributed by atoms with Gasteiger partial charge in [-0.2, -0.15) is 4.91 Å². The van der Waals surface area contributed by atoms with Crippen LogP contribution < -0.4 is 4.57 Å². The van der Waals surface area contributed by atoms with Gasteiger partial charge in [0, 0.05) is 18.6 Å². The van der Waals surface area contributed by atoms with Crippen LogP contribution in [0.1, 0.15) is 76.8 Å². The van der Waals surface area contributed by atoms with Gasteiger partial charge >= 0.3 is 0 Å². The number of aryl methyl sites for hydroxylation is 1. The molecule has 1 aromatic heterocycles. The van der Waals surface area contributed by atoms with E-state index < -0.39 is 0 Å². The standard InChI is InChI=1S/C18H31N2O/c1-2-3-4-5-6-7-8-9-10-12-15-20-16-13-11-14-18(20)17-19-21/h11,13-14,16H,2-10,12,15,17H2,1H3/q+1. The van der Waals surface area contributed by atoms with Crippen molar-refractivity contribution < 1.29 is 4.57 Å². The van der Waals surface area contributed by atoms with Crippen LogP contribution in [-0.4, -0.2) is 0 Å². The van der Waals surface area contributed by atoms with Crippen LogP contribution in [0.4, 0.5) is 0 Å². The highest BCUT2D eigenvalue weighted by Crippen LogP contribution is 2.10. The van der Waals surface area contributed by atoms with E-state index in [4.69, 9.17) is 0 Å². The Balaban J connectivity index is 2.03. The van der Waals surface area contributed by atoms with Crippen LogP contribution in [0.15, 0.2) is 29.6 Å². The van der Waals surface area contributed by atoms with Crippen molar-refractivity contribution in [3.63, 3.8) is 0 Å². The average molecular weight is 291 g/mol. The minimum Gasteiger partial charge on any atom is -0.201 e. The van der Waals surface area contributed by atoms with Crippen molar-refractivity contribution in [2.24, 2.45) is 5.18 Å². The highest BCUT2D eigenvalue weighted by Gasteiger charge is 2.08. The topological polar surface area (TPSA) is 33.3 Å². The second kappa shape index (κ2) is 12.5. The molecule has 1 rings (SSSR count). The normalized spacial score (nSPS) is 10.7. The highest BCUT2D eigenvalue weighted by molar-refractivity contribution is 4.96. The van der Waals surface area contributed by atoms with Gasteiger partial charge in [0.1, 0.15) is 6.54 Å². The molecule has 0 amide bonds. The summed E-state index contributed by atoms with van der Waals surface area (Å²) < 4.78 is 2.16. The summed E-state index contributed by atoms with van der Waals surface area (Å²) in [7, 11) is 0. The van der Waals surface area contributed by atoms with E-state index in [0.29, 0.717) is 0 Å². The van der Waals surface area contributed by atoms with Crippen molar-refractivity contribution in [2.75, 3.05) is 0 Å². The number of hydrogen-bond donors (Lipinski definition) is 0. The molecule has 3 heteroatoms. The number of nitroso groups, excluding NO2 is 1. The molecule has 0 bridgehead atoms. The molecule has 0 aliphatic heterocycles. The number of nitrogens with zero attached hydrogens (tertiary/aromatic N) is 2. The first-order valence-corrected chi connectivity index (χ1v) is 8.65. The first-order chi connectivity index (χ1) is 10.4. The largest absolute Gasteiger partial charge is 0.206 e. The van der Waals surface area contributed by atoms with Gasteiger partial charge in [-0.15, -0.1) is 0 Å². The summed E-state index contributed by atoms with van der Waals surface area (Å²) in [6, 6.07) is 5.97. The van der Waals surface area contributed by atoms with E-state index in [0.717, 1.165) is 12.2 Å². The fourth-order valence-electron chi connectivity index (χ4n) is 2.71. The van der Waals surface area contributed by atoms with Crippen molar-refractivity contribution in [3.05, 3.63) is 35.0 Å². The van der Waals surface area contributed by atoms with E-state index in [1.54, 1.807) is 0 Å². The fourth-order valence-corrected chi connectivity index (χ4v) is 2.71. The molecule has 0 radical (unpaired) electrons. The molecule has 0 saturated heterocycles. The van der Waals surface area contributed by atoms with Gasteiger partial charge in [-0.05, 0) is 6.42 Å². The molecule has 0 N–H and O–H groups in total. The molecule has 0 aromatic carbocycles. The minimum atomic E-state index is 0.276. The molecule has 0 unspecified atom stereocenters. The maximum absolute atomic E-state index is 10.4. The second-order valence-electron chi connectivity index (χ2n) is 5.85. The van der Waals surface area contributed by atoms with Crippen molar-refractivity contribution in [1.29, 1.82) is 0 Å². The molecule has 0 spiro atoms. The molecule has 0 saturated carbocycles. The van der Waals surface area contributed by atoms with Crippen molar-refractivity contribution in [2.45, 2.75) is 84.2 Å². The summed E-state index contributed by atoms with van der Waals surface area (Å²) in [6.07, 6.45) is 15.6. The summed E-state index contributed by atoms with van der Waals surface area (Å²) in [5.74, 6) is 0. The van der Waals surface area contributed by atoms with Crippen LogP contribution in [0, 0.1) is 4.91 Å². The van der Waals surface area contributed by atoms with Gasteiger partial charge in [0.25, 0.3) is 0 Å². The lowest BCUT2D eigenvalue weighted by atomic mass is 10.1. The van der Waals surface area contributed by atoms with Gasteiger partial charge in [0.05, 0.1) is 0 Å². The van der Waals surface area contributed by atoms with Gasteiger partial charge in [-0.1, -0.05) is 69.5 Å². The Morgan fingerprint density at radius 2 is 1.52 bits per heavy atom. The molecule has 118 valence electrons. The Morgan fingerprint density at radius 3 is 2.14 bits per heavy atom. The van der Waals surface area contributed by atoms with Crippen LogP contribution in [0.25, 0.3) is 0 Å². The van der Waals surface area contributed by atoms with Gasteiger partial charge < -0.3 is 0 Å². The lowest BCUT2D eigenvalue weighted by Gasteiger charge is -2.03. The Hall–Kier alpha value is -1.25. The van der Waals surface area contributed by atoms with Gasteiger partial charge in [0.15, 0.2) is 12.7 Å². The average Bonchev–Trinajstić information content (AvgIpc) is 2.51. The Morgan fingerprint density at radius 1 is 0.905 bits per heavy atom. The molecule has 1 aromatic rings. The molecule has 0 atom stereocenters. The predicted molar refractivity (Wildman–Crippen MR) is 88.0 cm³/mol. The van der Waals surface area contributed by atoms with Gasteiger partial charge in [-0.25, -0.2) is 4.57 Å². The molecule has 1 heterocycles. The number of hydrogen-bond acceptors (Lipinski definition) is 2. The first-order valence-electron chi connectivity index (χ1n) is 8.65. The van der Waals surface area contributed by atoms with E-state index in [1.165, 1.54) is 64.2 Å². The van der Waals surface area contributed by atoms with Crippen LogP contribution in [0.3, 0.4) is 0 Å². The zero-order chi connectivity index (χ0) is 15.2. The van der Waals surface area contributed by atoms with Crippen LogP contribution in [0.2, 0.25) is 0 Å². The minimum absolute atomic E-state index is 0.276. The van der Waals surface area contributed by atoms with Crippen LogP contribution in [0.5, 0.6) is 0 Å². The summed E-state index contributed by atoms with van der Waals surface area (Å²) in [6.45, 7) is 3.54. The fraction of sp³-hybridized carbons (Fsp3) is 0.722. The predicted octanol–water partition coefficient (Wildman–Crippen LogP) is 5.16. The third-order valence-electron chi connectivity index (χ3n) is 4.01. The van der Waals surface area contributed by atoms with E-state index in [9.17, 15) is 4.91 Å². The first kappa shape index (κ1) is 17.8. The second-order valence-corrected chi connectivity index (χ2v) is 5.85. The SMILES string of the molecule is CCCCCCCCCCCC[n+]1ccccc1CN=O. The van der Waals surface area contributed by atoms with E-state index in [-0.39, 0.29) is 6.54 Å². The third-order valence-corrected chi connectivity index (χ3v) is 4.01. The lowest BCUT2D eigenvalue weighted by molar-refractivity contribution is -0.704. The Labute approximate surface area is 129 Å². The molecule has 0 aliphatic carbocycles.